The standard InChI is InChI=1S/C14H22N4O3/c1-4-15-14(19)11-6-7-12(13(10-11)18(20)21)16-8-9-17(3)5-2/h6-7,10,16H,4-5,8-9H2,1-3H3,(H,15,19). The first kappa shape index (κ1) is 16.9. The number of nitro groups is 1. The van der Waals surface area contributed by atoms with Crippen LogP contribution >= 0.6 is 0 Å². The molecule has 0 aliphatic heterocycles. The summed E-state index contributed by atoms with van der Waals surface area (Å²) in [5.41, 5.74) is 0.634. The third-order valence-corrected chi connectivity index (χ3v) is 3.14. The highest BCUT2D eigenvalue weighted by atomic mass is 16.6. The molecule has 1 aromatic rings. The number of nitrogens with one attached hydrogen (secondary N) is 2. The monoisotopic (exact) mass is 294 g/mol. The summed E-state index contributed by atoms with van der Waals surface area (Å²) in [7, 11) is 1.98. The van der Waals surface area contributed by atoms with Gasteiger partial charge in [-0.1, -0.05) is 6.92 Å². The summed E-state index contributed by atoms with van der Waals surface area (Å²) in [5, 5.41) is 16.8. The highest BCUT2D eigenvalue weighted by molar-refractivity contribution is 5.95. The Balaban J connectivity index is 2.84. The Hall–Kier alpha value is -2.15. The summed E-state index contributed by atoms with van der Waals surface area (Å²) in [6, 6.07) is 4.47. The zero-order valence-corrected chi connectivity index (χ0v) is 12.7. The SMILES string of the molecule is CCNC(=O)c1ccc(NCCN(C)CC)c([N+](=O)[O-])c1. The van der Waals surface area contributed by atoms with Crippen LogP contribution in [0, 0.1) is 10.1 Å². The van der Waals surface area contributed by atoms with Crippen LogP contribution in [0.15, 0.2) is 18.2 Å². The number of amides is 1. The number of carbonyl (C=O) groups is 1. The first-order chi connectivity index (χ1) is 9.99. The first-order valence-electron chi connectivity index (χ1n) is 6.98. The van der Waals surface area contributed by atoms with Gasteiger partial charge in [-0.3, -0.25) is 14.9 Å². The van der Waals surface area contributed by atoms with E-state index in [-0.39, 0.29) is 11.6 Å². The van der Waals surface area contributed by atoms with Crippen molar-refractivity contribution in [3.05, 3.63) is 33.9 Å². The van der Waals surface area contributed by atoms with Crippen molar-refractivity contribution in [2.24, 2.45) is 0 Å². The van der Waals surface area contributed by atoms with E-state index in [2.05, 4.69) is 15.5 Å². The molecule has 2 N–H and O–H groups in total. The average molecular weight is 294 g/mol. The molecule has 0 spiro atoms. The van der Waals surface area contributed by atoms with Crippen LogP contribution in [0.5, 0.6) is 0 Å². The van der Waals surface area contributed by atoms with Crippen LogP contribution in [0.2, 0.25) is 0 Å². The van der Waals surface area contributed by atoms with E-state index in [9.17, 15) is 14.9 Å². The van der Waals surface area contributed by atoms with Crippen LogP contribution < -0.4 is 10.6 Å². The molecule has 0 saturated carbocycles. The van der Waals surface area contributed by atoms with Gasteiger partial charge in [0.2, 0.25) is 0 Å². The lowest BCUT2D eigenvalue weighted by molar-refractivity contribution is -0.384. The number of hydrogen-bond donors (Lipinski definition) is 2. The Morgan fingerprint density at radius 3 is 2.67 bits per heavy atom. The quantitative estimate of drug-likeness (QED) is 0.563. The Bertz CT molecular complexity index is 505. The van der Waals surface area contributed by atoms with Gasteiger partial charge < -0.3 is 15.5 Å². The average Bonchev–Trinajstić information content (AvgIpc) is 2.47. The predicted octanol–water partition coefficient (Wildman–Crippen LogP) is 1.71. The second-order valence-electron chi connectivity index (χ2n) is 4.67. The molecule has 1 aromatic carbocycles. The summed E-state index contributed by atoms with van der Waals surface area (Å²) in [5.74, 6) is -0.308. The topological polar surface area (TPSA) is 87.5 Å². The lowest BCUT2D eigenvalue weighted by Crippen LogP contribution is -2.25. The van der Waals surface area contributed by atoms with Crippen molar-refractivity contribution < 1.29 is 9.72 Å². The van der Waals surface area contributed by atoms with E-state index in [1.807, 2.05) is 14.0 Å². The van der Waals surface area contributed by atoms with Gasteiger partial charge in [-0.2, -0.15) is 0 Å². The highest BCUT2D eigenvalue weighted by Gasteiger charge is 2.17. The van der Waals surface area contributed by atoms with E-state index in [0.717, 1.165) is 13.1 Å². The van der Waals surface area contributed by atoms with Crippen molar-refractivity contribution in [3.8, 4) is 0 Å². The number of benzene rings is 1. The number of rotatable bonds is 8. The fraction of sp³-hybridized carbons (Fsp3) is 0.500. The minimum absolute atomic E-state index is 0.0853. The van der Waals surface area contributed by atoms with Crippen molar-refractivity contribution in [2.75, 3.05) is 38.5 Å². The van der Waals surface area contributed by atoms with Gasteiger partial charge in [0.15, 0.2) is 0 Å². The van der Waals surface area contributed by atoms with Crippen LogP contribution in [-0.2, 0) is 0 Å². The smallest absolute Gasteiger partial charge is 0.293 e. The maximum atomic E-state index is 11.7. The highest BCUT2D eigenvalue weighted by Crippen LogP contribution is 2.25. The maximum absolute atomic E-state index is 11.7. The lowest BCUT2D eigenvalue weighted by atomic mass is 10.1. The van der Waals surface area contributed by atoms with Crippen LogP contribution in [0.25, 0.3) is 0 Å². The van der Waals surface area contributed by atoms with Gasteiger partial charge in [0.1, 0.15) is 5.69 Å². The fourth-order valence-corrected chi connectivity index (χ4v) is 1.78. The molecule has 1 rings (SSSR count). The Labute approximate surface area is 124 Å². The van der Waals surface area contributed by atoms with Crippen molar-refractivity contribution in [1.29, 1.82) is 0 Å². The third kappa shape index (κ3) is 5.03. The molecule has 116 valence electrons. The van der Waals surface area contributed by atoms with Gasteiger partial charge in [-0.05, 0) is 32.6 Å². The molecule has 0 fully saturated rings. The van der Waals surface area contributed by atoms with Crippen molar-refractivity contribution in [3.63, 3.8) is 0 Å². The van der Waals surface area contributed by atoms with Crippen LogP contribution in [0.4, 0.5) is 11.4 Å². The summed E-state index contributed by atoms with van der Waals surface area (Å²) < 4.78 is 0. The number of likely N-dealkylation sites (N-methyl/N-ethyl adjacent to an activating group) is 1. The number of nitro benzene ring substituents is 1. The molecule has 21 heavy (non-hydrogen) atoms. The van der Waals surface area contributed by atoms with Gasteiger partial charge in [-0.15, -0.1) is 0 Å². The Kier molecular flexibility index (Phi) is 6.61. The normalized spacial score (nSPS) is 10.5. The minimum Gasteiger partial charge on any atom is -0.378 e. The number of anilines is 1. The summed E-state index contributed by atoms with van der Waals surface area (Å²) in [6.45, 7) is 6.63. The molecule has 0 bridgehead atoms. The van der Waals surface area contributed by atoms with Gasteiger partial charge in [0.25, 0.3) is 11.6 Å². The number of hydrogen-bond acceptors (Lipinski definition) is 5. The molecule has 0 aliphatic rings. The zero-order chi connectivity index (χ0) is 15.8. The minimum atomic E-state index is -0.478. The number of carbonyl (C=O) groups excluding carboxylic acids is 1. The molecule has 0 aliphatic carbocycles. The molecule has 1 amide bonds. The van der Waals surface area contributed by atoms with E-state index in [4.69, 9.17) is 0 Å². The Morgan fingerprint density at radius 1 is 1.38 bits per heavy atom. The fourth-order valence-electron chi connectivity index (χ4n) is 1.78. The Morgan fingerprint density at radius 2 is 2.10 bits per heavy atom. The van der Waals surface area contributed by atoms with E-state index in [0.29, 0.717) is 24.3 Å². The van der Waals surface area contributed by atoms with Crippen molar-refractivity contribution in [1.82, 2.24) is 10.2 Å². The van der Waals surface area contributed by atoms with E-state index in [1.54, 1.807) is 19.1 Å². The van der Waals surface area contributed by atoms with Crippen LogP contribution in [0.1, 0.15) is 24.2 Å². The van der Waals surface area contributed by atoms with E-state index >= 15 is 0 Å². The van der Waals surface area contributed by atoms with E-state index < -0.39 is 4.92 Å². The first-order valence-corrected chi connectivity index (χ1v) is 6.98. The number of nitrogens with zero attached hydrogens (tertiary/aromatic N) is 2. The van der Waals surface area contributed by atoms with Crippen LogP contribution in [-0.4, -0.2) is 49.0 Å². The lowest BCUT2D eigenvalue weighted by Gasteiger charge is -2.15. The zero-order valence-electron chi connectivity index (χ0n) is 12.7. The summed E-state index contributed by atoms with van der Waals surface area (Å²) in [6.07, 6.45) is 0. The predicted molar refractivity (Wildman–Crippen MR) is 82.8 cm³/mol. The van der Waals surface area contributed by atoms with Gasteiger partial charge >= 0.3 is 0 Å². The van der Waals surface area contributed by atoms with Gasteiger partial charge in [0, 0.05) is 31.3 Å². The molecule has 0 radical (unpaired) electrons. The largest absolute Gasteiger partial charge is 0.378 e. The summed E-state index contributed by atoms with van der Waals surface area (Å²) >= 11 is 0. The molecule has 0 atom stereocenters. The molecule has 7 heteroatoms. The second kappa shape index (κ2) is 8.21. The molecule has 0 heterocycles. The third-order valence-electron chi connectivity index (χ3n) is 3.14. The molecule has 0 unspecified atom stereocenters. The summed E-state index contributed by atoms with van der Waals surface area (Å²) in [4.78, 5) is 24.5. The molecule has 0 saturated heterocycles. The molecular weight excluding hydrogens is 272 g/mol. The van der Waals surface area contributed by atoms with Crippen LogP contribution in [0.3, 0.4) is 0 Å². The van der Waals surface area contributed by atoms with E-state index in [1.165, 1.54) is 6.07 Å². The van der Waals surface area contributed by atoms with Gasteiger partial charge in [0.05, 0.1) is 4.92 Å². The molecular formula is C14H22N4O3. The maximum Gasteiger partial charge on any atom is 0.293 e. The van der Waals surface area contributed by atoms with Crippen molar-refractivity contribution in [2.45, 2.75) is 13.8 Å². The second-order valence-corrected chi connectivity index (χ2v) is 4.67. The van der Waals surface area contributed by atoms with Crippen molar-refractivity contribution >= 4 is 17.3 Å². The molecule has 0 aromatic heterocycles. The van der Waals surface area contributed by atoms with Gasteiger partial charge in [-0.25, -0.2) is 0 Å². The molecule has 7 nitrogen and oxygen atoms in total.